The first-order chi connectivity index (χ1) is 13.2. The fourth-order valence-electron chi connectivity index (χ4n) is 2.39. The third-order valence-electron chi connectivity index (χ3n) is 3.67. The highest BCUT2D eigenvalue weighted by molar-refractivity contribution is 5.93. The zero-order valence-electron chi connectivity index (χ0n) is 16.1. The summed E-state index contributed by atoms with van der Waals surface area (Å²) in [5.41, 5.74) is 0. The zero-order valence-corrected chi connectivity index (χ0v) is 16.1. The fourth-order valence-corrected chi connectivity index (χ4v) is 2.39. The van der Waals surface area contributed by atoms with E-state index in [9.17, 15) is 19.8 Å². The summed E-state index contributed by atoms with van der Waals surface area (Å²) in [4.78, 5) is 23.0. The molecular formula is C20H24O8. The van der Waals surface area contributed by atoms with E-state index >= 15 is 0 Å². The lowest BCUT2D eigenvalue weighted by molar-refractivity contribution is -0.171. The van der Waals surface area contributed by atoms with Gasteiger partial charge in [-0.25, -0.2) is 9.59 Å². The van der Waals surface area contributed by atoms with E-state index in [-0.39, 0.29) is 0 Å². The van der Waals surface area contributed by atoms with Crippen molar-refractivity contribution in [3.8, 4) is 11.5 Å². The summed E-state index contributed by atoms with van der Waals surface area (Å²) in [6.45, 7) is 5.69. The maximum Gasteiger partial charge on any atom is 0.337 e. The Labute approximate surface area is 162 Å². The van der Waals surface area contributed by atoms with Crippen molar-refractivity contribution in [2.45, 2.75) is 52.5 Å². The molecule has 0 saturated heterocycles. The smallest absolute Gasteiger partial charge is 0.337 e. The second kappa shape index (κ2) is 9.38. The Morgan fingerprint density at radius 3 is 1.39 bits per heavy atom. The maximum atomic E-state index is 11.5. The highest BCUT2D eigenvalue weighted by atomic mass is 16.7. The monoisotopic (exact) mass is 392 g/mol. The van der Waals surface area contributed by atoms with Crippen molar-refractivity contribution >= 4 is 22.7 Å². The van der Waals surface area contributed by atoms with E-state index in [1.165, 1.54) is 27.7 Å². The molecule has 8 heteroatoms. The Bertz CT molecular complexity index is 761. The average molecular weight is 392 g/mol. The number of fused-ring (bicyclic) bond motifs is 1. The first-order valence-corrected chi connectivity index (χ1v) is 8.81. The molecule has 0 aliphatic carbocycles. The molecule has 0 aliphatic heterocycles. The van der Waals surface area contributed by atoms with Crippen LogP contribution >= 0.6 is 0 Å². The molecule has 0 saturated carbocycles. The third-order valence-corrected chi connectivity index (χ3v) is 3.67. The minimum atomic E-state index is -1.25. The first kappa shape index (κ1) is 21.5. The molecule has 0 spiro atoms. The van der Waals surface area contributed by atoms with Crippen LogP contribution in [0.15, 0.2) is 36.4 Å². The van der Waals surface area contributed by atoms with E-state index in [0.29, 0.717) is 22.3 Å². The van der Waals surface area contributed by atoms with Gasteiger partial charge >= 0.3 is 11.9 Å². The Hall–Kier alpha value is -2.84. The normalized spacial score (nSPS) is 15.2. The predicted octanol–water partition coefficient (Wildman–Crippen LogP) is 2.14. The molecule has 0 fully saturated rings. The van der Waals surface area contributed by atoms with Gasteiger partial charge in [-0.3, -0.25) is 0 Å². The number of ether oxygens (including phenoxy) is 4. The number of aliphatic hydroxyl groups is 2. The Morgan fingerprint density at radius 1 is 0.714 bits per heavy atom. The van der Waals surface area contributed by atoms with Gasteiger partial charge in [-0.1, -0.05) is 24.3 Å². The highest BCUT2D eigenvalue weighted by Gasteiger charge is 2.18. The third kappa shape index (κ3) is 5.58. The van der Waals surface area contributed by atoms with Crippen molar-refractivity contribution < 1.29 is 38.7 Å². The lowest BCUT2D eigenvalue weighted by Gasteiger charge is -2.20. The van der Waals surface area contributed by atoms with Crippen LogP contribution in [0.3, 0.4) is 0 Å². The van der Waals surface area contributed by atoms with E-state index in [1.54, 1.807) is 36.4 Å². The van der Waals surface area contributed by atoms with Crippen LogP contribution in [0, 0.1) is 0 Å². The van der Waals surface area contributed by atoms with Crippen LogP contribution in [-0.2, 0) is 19.1 Å². The van der Waals surface area contributed by atoms with E-state index in [2.05, 4.69) is 0 Å². The maximum absolute atomic E-state index is 11.5. The summed E-state index contributed by atoms with van der Waals surface area (Å²) < 4.78 is 21.4. The molecule has 0 heterocycles. The molecule has 4 unspecified atom stereocenters. The minimum Gasteiger partial charge on any atom is -0.454 e. The van der Waals surface area contributed by atoms with E-state index < -0.39 is 36.7 Å². The van der Waals surface area contributed by atoms with Crippen LogP contribution in [0.1, 0.15) is 27.7 Å². The second-order valence-corrected chi connectivity index (χ2v) is 6.20. The van der Waals surface area contributed by atoms with Gasteiger partial charge in [-0.2, -0.15) is 0 Å². The highest BCUT2D eigenvalue weighted by Crippen LogP contribution is 2.33. The quantitative estimate of drug-likeness (QED) is 0.519. The van der Waals surface area contributed by atoms with Gasteiger partial charge in [0.2, 0.25) is 12.6 Å². The van der Waals surface area contributed by atoms with Gasteiger partial charge in [-0.05, 0) is 26.0 Å². The van der Waals surface area contributed by atoms with Gasteiger partial charge in [0.15, 0.2) is 0 Å². The molecule has 0 amide bonds. The molecule has 0 aromatic heterocycles. The van der Waals surface area contributed by atoms with Crippen LogP contribution in [-0.4, -0.2) is 46.9 Å². The molecule has 152 valence electrons. The Morgan fingerprint density at radius 2 is 1.07 bits per heavy atom. The van der Waals surface area contributed by atoms with E-state index in [4.69, 9.17) is 18.9 Å². The van der Waals surface area contributed by atoms with Gasteiger partial charge < -0.3 is 29.2 Å². The summed E-state index contributed by atoms with van der Waals surface area (Å²) in [6, 6.07) is 10.5. The first-order valence-electron chi connectivity index (χ1n) is 8.81. The summed E-state index contributed by atoms with van der Waals surface area (Å²) >= 11 is 0. The number of benzene rings is 2. The summed E-state index contributed by atoms with van der Waals surface area (Å²) in [7, 11) is 0. The van der Waals surface area contributed by atoms with Crippen molar-refractivity contribution in [3.63, 3.8) is 0 Å². The van der Waals surface area contributed by atoms with Crippen LogP contribution < -0.4 is 9.47 Å². The SMILES string of the molecule is CC(OC(=O)C(C)O)Oc1cccc2c(OC(C)OC(=O)C(C)O)cccc12. The lowest BCUT2D eigenvalue weighted by atomic mass is 10.1. The van der Waals surface area contributed by atoms with Crippen molar-refractivity contribution in [3.05, 3.63) is 36.4 Å². The van der Waals surface area contributed by atoms with Crippen molar-refractivity contribution in [1.82, 2.24) is 0 Å². The number of hydrogen-bond donors (Lipinski definition) is 2. The van der Waals surface area contributed by atoms with Crippen LogP contribution in [0.5, 0.6) is 11.5 Å². The molecule has 0 radical (unpaired) electrons. The molecule has 2 aromatic rings. The van der Waals surface area contributed by atoms with Gasteiger partial charge in [0, 0.05) is 24.6 Å². The minimum absolute atomic E-state index is 0.447. The van der Waals surface area contributed by atoms with Gasteiger partial charge in [0.05, 0.1) is 0 Å². The lowest BCUT2D eigenvalue weighted by Crippen LogP contribution is -2.27. The van der Waals surface area contributed by atoms with Crippen LogP contribution in [0.2, 0.25) is 0 Å². The van der Waals surface area contributed by atoms with Crippen molar-refractivity contribution in [2.24, 2.45) is 0 Å². The summed E-state index contributed by atoms with van der Waals surface area (Å²) in [5.74, 6) is -0.680. The largest absolute Gasteiger partial charge is 0.454 e. The van der Waals surface area contributed by atoms with Crippen LogP contribution in [0.4, 0.5) is 0 Å². The number of rotatable bonds is 8. The molecular weight excluding hydrogens is 368 g/mol. The number of carbonyl (C=O) groups excluding carboxylic acids is 2. The topological polar surface area (TPSA) is 112 Å². The molecule has 0 aliphatic rings. The number of aliphatic hydroxyl groups excluding tert-OH is 2. The molecule has 4 atom stereocenters. The number of carbonyl (C=O) groups is 2. The fraction of sp³-hybridized carbons (Fsp3) is 0.400. The number of esters is 2. The summed E-state index contributed by atoms with van der Waals surface area (Å²) in [5, 5.41) is 19.8. The molecule has 0 bridgehead atoms. The molecule has 8 nitrogen and oxygen atoms in total. The molecule has 2 aromatic carbocycles. The average Bonchev–Trinajstić information content (AvgIpc) is 2.62. The van der Waals surface area contributed by atoms with E-state index in [0.717, 1.165) is 0 Å². The number of hydrogen-bond acceptors (Lipinski definition) is 8. The van der Waals surface area contributed by atoms with Gasteiger partial charge in [0.1, 0.15) is 23.7 Å². The van der Waals surface area contributed by atoms with Gasteiger partial charge in [0.25, 0.3) is 0 Å². The van der Waals surface area contributed by atoms with Crippen LogP contribution in [0.25, 0.3) is 10.8 Å². The van der Waals surface area contributed by atoms with Crippen molar-refractivity contribution in [1.29, 1.82) is 0 Å². The Balaban J connectivity index is 2.20. The predicted molar refractivity (Wildman–Crippen MR) is 99.7 cm³/mol. The second-order valence-electron chi connectivity index (χ2n) is 6.20. The summed E-state index contributed by atoms with van der Waals surface area (Å²) in [6.07, 6.45) is -4.32. The molecule has 2 rings (SSSR count). The van der Waals surface area contributed by atoms with Crippen molar-refractivity contribution in [2.75, 3.05) is 0 Å². The Kier molecular flexibility index (Phi) is 7.19. The molecule has 2 N–H and O–H groups in total. The zero-order chi connectivity index (χ0) is 20.8. The van der Waals surface area contributed by atoms with E-state index in [1.807, 2.05) is 0 Å². The van der Waals surface area contributed by atoms with Gasteiger partial charge in [-0.15, -0.1) is 0 Å². The standard InChI is InChI=1S/C20H24O8/c1-11(21)19(23)27-13(3)25-17-9-5-8-16-15(17)7-6-10-18(16)26-14(4)28-20(24)12(2)22/h5-14,21-22H,1-4H3. The molecule has 28 heavy (non-hydrogen) atoms.